The number of nitrogens with zero attached hydrogens (tertiary/aromatic N) is 3. The van der Waals surface area contributed by atoms with Crippen molar-refractivity contribution >= 4 is 15.9 Å². The number of rotatable bonds is 5. The summed E-state index contributed by atoms with van der Waals surface area (Å²) in [7, 11) is -2.12. The first kappa shape index (κ1) is 16.9. The third kappa shape index (κ3) is 3.47. The van der Waals surface area contributed by atoms with Crippen molar-refractivity contribution in [3.8, 4) is 0 Å². The van der Waals surface area contributed by atoms with Crippen molar-refractivity contribution in [2.24, 2.45) is 18.7 Å². The van der Waals surface area contributed by atoms with Crippen molar-refractivity contribution < 1.29 is 13.2 Å². The third-order valence-electron chi connectivity index (χ3n) is 3.97. The molecule has 0 radical (unpaired) electrons. The van der Waals surface area contributed by atoms with Gasteiger partial charge in [-0.25, -0.2) is 8.42 Å². The van der Waals surface area contributed by atoms with Crippen LogP contribution in [0.5, 0.6) is 0 Å². The molecule has 22 heavy (non-hydrogen) atoms. The van der Waals surface area contributed by atoms with Crippen LogP contribution in [0, 0.1) is 5.92 Å². The van der Waals surface area contributed by atoms with Gasteiger partial charge in [-0.15, -0.1) is 0 Å². The van der Waals surface area contributed by atoms with E-state index in [1.54, 1.807) is 18.9 Å². The molecule has 3 unspecified atom stereocenters. The number of sulfonamides is 1. The van der Waals surface area contributed by atoms with Crippen LogP contribution in [-0.2, 0) is 21.9 Å². The van der Waals surface area contributed by atoms with E-state index in [9.17, 15) is 13.2 Å². The molecule has 2 heterocycles. The molecule has 0 spiro atoms. The van der Waals surface area contributed by atoms with Crippen LogP contribution < -0.4 is 10.5 Å². The molecule has 124 valence electrons. The Labute approximate surface area is 130 Å². The Morgan fingerprint density at radius 1 is 1.59 bits per heavy atom. The minimum absolute atomic E-state index is 0.0453. The van der Waals surface area contributed by atoms with Gasteiger partial charge in [-0.1, -0.05) is 0 Å². The Hall–Kier alpha value is -1.45. The summed E-state index contributed by atoms with van der Waals surface area (Å²) in [6.45, 7) is 4.62. The monoisotopic (exact) mass is 329 g/mol. The van der Waals surface area contributed by atoms with E-state index < -0.39 is 16.1 Å². The topological polar surface area (TPSA) is 110 Å². The van der Waals surface area contributed by atoms with Gasteiger partial charge in [0.2, 0.25) is 15.9 Å². The molecule has 0 bridgehead atoms. The van der Waals surface area contributed by atoms with Crippen molar-refractivity contribution in [3.63, 3.8) is 0 Å². The van der Waals surface area contributed by atoms with Crippen molar-refractivity contribution in [3.05, 3.63) is 12.4 Å². The molecule has 1 aliphatic rings. The van der Waals surface area contributed by atoms with E-state index in [1.807, 2.05) is 6.92 Å². The molecule has 1 aliphatic heterocycles. The molecule has 0 aliphatic carbocycles. The molecule has 0 saturated carbocycles. The zero-order chi connectivity index (χ0) is 16.5. The Kier molecular flexibility index (Phi) is 4.88. The summed E-state index contributed by atoms with van der Waals surface area (Å²) in [5.41, 5.74) is 5.66. The lowest BCUT2D eigenvalue weighted by molar-refractivity contribution is -0.133. The number of amides is 1. The summed E-state index contributed by atoms with van der Waals surface area (Å²) in [4.78, 5) is 14.2. The van der Waals surface area contributed by atoms with Gasteiger partial charge in [-0.05, 0) is 32.7 Å². The van der Waals surface area contributed by atoms with E-state index in [1.165, 1.54) is 17.1 Å². The van der Waals surface area contributed by atoms with E-state index in [2.05, 4.69) is 9.82 Å². The highest BCUT2D eigenvalue weighted by Gasteiger charge is 2.35. The van der Waals surface area contributed by atoms with Gasteiger partial charge < -0.3 is 10.6 Å². The predicted molar refractivity (Wildman–Crippen MR) is 81.3 cm³/mol. The number of nitrogens with one attached hydrogen (secondary N) is 1. The first-order valence-corrected chi connectivity index (χ1v) is 8.74. The average Bonchev–Trinajstić information content (AvgIpc) is 3.03. The third-order valence-corrected chi connectivity index (χ3v) is 5.47. The zero-order valence-electron chi connectivity index (χ0n) is 13.1. The number of carbonyl (C=O) groups excluding carboxylic acids is 1. The van der Waals surface area contributed by atoms with Crippen molar-refractivity contribution in [1.29, 1.82) is 0 Å². The molecular weight excluding hydrogens is 306 g/mol. The molecular formula is C13H23N5O3S. The second-order valence-electron chi connectivity index (χ2n) is 5.87. The van der Waals surface area contributed by atoms with Crippen LogP contribution in [0.15, 0.2) is 17.3 Å². The number of hydrogen-bond donors (Lipinski definition) is 2. The first-order valence-electron chi connectivity index (χ1n) is 7.26. The van der Waals surface area contributed by atoms with Crippen molar-refractivity contribution in [1.82, 2.24) is 19.4 Å². The van der Waals surface area contributed by atoms with Gasteiger partial charge >= 0.3 is 0 Å². The molecule has 2 rings (SSSR count). The van der Waals surface area contributed by atoms with Gasteiger partial charge in [0.1, 0.15) is 4.90 Å². The maximum atomic E-state index is 12.5. The Bertz CT molecular complexity index is 642. The molecule has 1 fully saturated rings. The lowest BCUT2D eigenvalue weighted by Gasteiger charge is -2.25. The number of aromatic nitrogens is 2. The first-order chi connectivity index (χ1) is 10.2. The van der Waals surface area contributed by atoms with Crippen LogP contribution in [-0.4, -0.2) is 54.2 Å². The molecule has 1 saturated heterocycles. The van der Waals surface area contributed by atoms with E-state index in [-0.39, 0.29) is 22.8 Å². The van der Waals surface area contributed by atoms with Gasteiger partial charge in [0.05, 0.1) is 12.2 Å². The molecule has 3 N–H and O–H groups in total. The Balaban J connectivity index is 2.05. The highest BCUT2D eigenvalue weighted by atomic mass is 32.2. The maximum Gasteiger partial charge on any atom is 0.244 e. The molecule has 8 nitrogen and oxygen atoms in total. The van der Waals surface area contributed by atoms with Crippen LogP contribution in [0.1, 0.15) is 20.3 Å². The fourth-order valence-electron chi connectivity index (χ4n) is 2.76. The minimum Gasteiger partial charge on any atom is -0.338 e. The van der Waals surface area contributed by atoms with Crippen LogP contribution in [0.3, 0.4) is 0 Å². The van der Waals surface area contributed by atoms with Gasteiger partial charge in [-0.2, -0.15) is 9.82 Å². The van der Waals surface area contributed by atoms with E-state index in [0.717, 1.165) is 6.42 Å². The lowest BCUT2D eigenvalue weighted by Crippen LogP contribution is -2.48. The Morgan fingerprint density at radius 3 is 2.77 bits per heavy atom. The second kappa shape index (κ2) is 6.35. The molecule has 1 amide bonds. The predicted octanol–water partition coefficient (Wildman–Crippen LogP) is -0.717. The summed E-state index contributed by atoms with van der Waals surface area (Å²) in [5, 5.41) is 3.83. The smallest absolute Gasteiger partial charge is 0.244 e. The number of likely N-dealkylation sites (tertiary alicyclic amines) is 1. The number of aryl methyl sites for hydroxylation is 1. The largest absolute Gasteiger partial charge is 0.338 e. The standard InChI is InChI=1S/C13H23N5O3S/c1-9-4-11(5-14)7-18(9)13(19)10(2)16-22(20,21)12-6-15-17(3)8-12/h6,8-11,16H,4-5,7,14H2,1-3H3. The molecule has 3 atom stereocenters. The highest BCUT2D eigenvalue weighted by Crippen LogP contribution is 2.23. The summed E-state index contributed by atoms with van der Waals surface area (Å²) in [5.74, 6) is 0.0528. The lowest BCUT2D eigenvalue weighted by atomic mass is 10.1. The molecule has 1 aromatic heterocycles. The SMILES string of the molecule is CC(NS(=O)(=O)c1cnn(C)c1)C(=O)N1CC(CN)CC1C. The number of nitrogens with two attached hydrogens (primary N) is 1. The van der Waals surface area contributed by atoms with Crippen molar-refractivity contribution in [2.45, 2.75) is 37.2 Å². The van der Waals surface area contributed by atoms with Gasteiger partial charge in [0.25, 0.3) is 0 Å². The quantitative estimate of drug-likeness (QED) is 0.741. The van der Waals surface area contributed by atoms with Gasteiger partial charge in [0, 0.05) is 25.8 Å². The summed E-state index contributed by atoms with van der Waals surface area (Å²) >= 11 is 0. The van der Waals surface area contributed by atoms with Gasteiger partial charge in [0.15, 0.2) is 0 Å². The molecule has 0 aromatic carbocycles. The zero-order valence-corrected chi connectivity index (χ0v) is 13.9. The van der Waals surface area contributed by atoms with Crippen molar-refractivity contribution in [2.75, 3.05) is 13.1 Å². The van der Waals surface area contributed by atoms with Crippen LogP contribution >= 0.6 is 0 Å². The summed E-state index contributed by atoms with van der Waals surface area (Å²) in [6, 6.07) is -0.754. The second-order valence-corrected chi connectivity index (χ2v) is 7.58. The number of carbonyl (C=O) groups is 1. The fourth-order valence-corrected chi connectivity index (χ4v) is 3.94. The molecule has 9 heteroatoms. The fraction of sp³-hybridized carbons (Fsp3) is 0.692. The van der Waals surface area contributed by atoms with Crippen LogP contribution in [0.25, 0.3) is 0 Å². The van der Waals surface area contributed by atoms with Gasteiger partial charge in [-0.3, -0.25) is 9.48 Å². The van der Waals surface area contributed by atoms with E-state index in [4.69, 9.17) is 5.73 Å². The van der Waals surface area contributed by atoms with E-state index in [0.29, 0.717) is 13.1 Å². The molecule has 1 aromatic rings. The number of hydrogen-bond acceptors (Lipinski definition) is 5. The average molecular weight is 329 g/mol. The van der Waals surface area contributed by atoms with E-state index >= 15 is 0 Å². The highest BCUT2D eigenvalue weighted by molar-refractivity contribution is 7.89. The normalized spacial score (nSPS) is 23.7. The van der Waals surface area contributed by atoms with Crippen LogP contribution in [0.2, 0.25) is 0 Å². The van der Waals surface area contributed by atoms with Crippen LogP contribution in [0.4, 0.5) is 0 Å². The maximum absolute atomic E-state index is 12.5. The summed E-state index contributed by atoms with van der Waals surface area (Å²) in [6.07, 6.45) is 3.50. The Morgan fingerprint density at radius 2 is 2.27 bits per heavy atom. The summed E-state index contributed by atoms with van der Waals surface area (Å²) < 4.78 is 28.3. The minimum atomic E-state index is -3.76.